The summed E-state index contributed by atoms with van der Waals surface area (Å²) >= 11 is 0. The van der Waals surface area contributed by atoms with Crippen molar-refractivity contribution in [3.05, 3.63) is 65.0 Å². The van der Waals surface area contributed by atoms with E-state index in [4.69, 9.17) is 4.74 Å². The number of hydrogen-bond donors (Lipinski definition) is 1. The van der Waals surface area contributed by atoms with Crippen LogP contribution in [0.1, 0.15) is 46.0 Å². The van der Waals surface area contributed by atoms with Crippen molar-refractivity contribution in [1.29, 1.82) is 0 Å². The van der Waals surface area contributed by atoms with E-state index in [1.807, 2.05) is 6.92 Å². The molecular weight excluding hydrogens is 365 g/mol. The lowest BCUT2D eigenvalue weighted by Crippen LogP contribution is -2.16. The number of carbonyl (C=O) groups excluding carboxylic acids is 4. The van der Waals surface area contributed by atoms with Crippen LogP contribution in [0.4, 0.5) is 10.1 Å². The minimum atomic E-state index is -0.832. The maximum absolute atomic E-state index is 14.0. The van der Waals surface area contributed by atoms with Crippen molar-refractivity contribution >= 4 is 29.1 Å². The molecule has 1 amide bonds. The molecule has 6 nitrogen and oxygen atoms in total. The molecule has 0 spiro atoms. The van der Waals surface area contributed by atoms with Crippen molar-refractivity contribution < 1.29 is 28.3 Å². The maximum atomic E-state index is 14.0. The Morgan fingerprint density at radius 3 is 2.25 bits per heavy atom. The van der Waals surface area contributed by atoms with Crippen molar-refractivity contribution in [2.24, 2.45) is 0 Å². The van der Waals surface area contributed by atoms with E-state index < -0.39 is 24.2 Å². The van der Waals surface area contributed by atoms with E-state index >= 15 is 0 Å². The zero-order chi connectivity index (χ0) is 20.7. The monoisotopic (exact) mass is 385 g/mol. The molecule has 1 N–H and O–H groups in total. The van der Waals surface area contributed by atoms with Gasteiger partial charge in [0.2, 0.25) is 11.7 Å². The number of carbonyl (C=O) groups is 4. The van der Waals surface area contributed by atoms with Gasteiger partial charge in [0.25, 0.3) is 0 Å². The zero-order valence-electron chi connectivity index (χ0n) is 15.6. The Morgan fingerprint density at radius 2 is 1.64 bits per heavy atom. The minimum absolute atomic E-state index is 0.0458. The number of aryl methyl sites for hydroxylation is 1. The predicted octanol–water partition coefficient (Wildman–Crippen LogP) is 3.48. The van der Waals surface area contributed by atoms with E-state index in [1.54, 1.807) is 24.3 Å². The first-order chi connectivity index (χ1) is 13.3. The lowest BCUT2D eigenvalue weighted by molar-refractivity contribution is -0.142. The quantitative estimate of drug-likeness (QED) is 0.555. The molecule has 0 atom stereocenters. The van der Waals surface area contributed by atoms with E-state index in [2.05, 4.69) is 5.32 Å². The van der Waals surface area contributed by atoms with Gasteiger partial charge in [-0.3, -0.25) is 19.2 Å². The third kappa shape index (κ3) is 6.12. The highest BCUT2D eigenvalue weighted by Crippen LogP contribution is 2.15. The summed E-state index contributed by atoms with van der Waals surface area (Å²) in [5.74, 6) is -2.84. The number of anilines is 1. The molecule has 0 unspecified atom stereocenters. The Balaban J connectivity index is 1.83. The molecule has 0 aromatic heterocycles. The molecule has 0 saturated heterocycles. The van der Waals surface area contributed by atoms with E-state index in [0.717, 1.165) is 11.6 Å². The van der Waals surface area contributed by atoms with Gasteiger partial charge >= 0.3 is 5.97 Å². The summed E-state index contributed by atoms with van der Waals surface area (Å²) in [6.45, 7) is 2.55. The van der Waals surface area contributed by atoms with Crippen LogP contribution >= 0.6 is 0 Å². The fraction of sp³-hybridized carbons (Fsp3) is 0.238. The summed E-state index contributed by atoms with van der Waals surface area (Å²) in [6, 6.07) is 10.6. The molecule has 0 aliphatic heterocycles. The van der Waals surface area contributed by atoms with Gasteiger partial charge in [-0.1, -0.05) is 29.8 Å². The third-order valence-electron chi connectivity index (χ3n) is 3.88. The number of Topliss-reactive ketones (excluding diaryl/α,β-unsaturated/α-hetero) is 2. The van der Waals surface area contributed by atoms with Gasteiger partial charge in [0.05, 0.1) is 12.0 Å². The second kappa shape index (κ2) is 9.55. The van der Waals surface area contributed by atoms with Crippen LogP contribution in [0.15, 0.2) is 42.5 Å². The van der Waals surface area contributed by atoms with Gasteiger partial charge < -0.3 is 10.1 Å². The highest BCUT2D eigenvalue weighted by Gasteiger charge is 2.16. The highest BCUT2D eigenvalue weighted by atomic mass is 19.1. The van der Waals surface area contributed by atoms with E-state index in [-0.39, 0.29) is 35.8 Å². The summed E-state index contributed by atoms with van der Waals surface area (Å²) in [5.41, 5.74) is 1.48. The maximum Gasteiger partial charge on any atom is 0.306 e. The molecule has 2 aromatic carbocycles. The first kappa shape index (κ1) is 21.0. The van der Waals surface area contributed by atoms with E-state index in [9.17, 15) is 23.6 Å². The molecule has 28 heavy (non-hydrogen) atoms. The fourth-order valence-electron chi connectivity index (χ4n) is 2.42. The molecule has 0 heterocycles. The number of amides is 1. The Labute approximate surface area is 161 Å². The van der Waals surface area contributed by atoms with Crippen molar-refractivity contribution in [2.75, 3.05) is 11.9 Å². The van der Waals surface area contributed by atoms with Crippen LogP contribution in [-0.2, 0) is 14.3 Å². The van der Waals surface area contributed by atoms with Gasteiger partial charge in [-0.15, -0.1) is 0 Å². The SMILES string of the molecule is CC(=O)Nc1ccc(C(=O)COC(=O)CCC(=O)c2ccc(C)cc2)c(F)c1. The molecule has 2 aromatic rings. The number of rotatable bonds is 8. The van der Waals surface area contributed by atoms with Crippen molar-refractivity contribution in [3.63, 3.8) is 0 Å². The first-order valence-electron chi connectivity index (χ1n) is 8.62. The topological polar surface area (TPSA) is 89.5 Å². The molecule has 7 heteroatoms. The normalized spacial score (nSPS) is 10.2. The van der Waals surface area contributed by atoms with E-state index in [0.29, 0.717) is 5.56 Å². The summed E-state index contributed by atoms with van der Waals surface area (Å²) in [6.07, 6.45) is -0.222. The zero-order valence-corrected chi connectivity index (χ0v) is 15.6. The second-order valence-electron chi connectivity index (χ2n) is 6.25. The van der Waals surface area contributed by atoms with Gasteiger partial charge in [-0.2, -0.15) is 0 Å². The predicted molar refractivity (Wildman–Crippen MR) is 101 cm³/mol. The van der Waals surface area contributed by atoms with Crippen LogP contribution in [0.3, 0.4) is 0 Å². The highest BCUT2D eigenvalue weighted by molar-refractivity contribution is 6.00. The number of ether oxygens (including phenoxy) is 1. The number of esters is 1. The summed E-state index contributed by atoms with van der Waals surface area (Å²) in [5, 5.41) is 2.40. The van der Waals surface area contributed by atoms with Crippen LogP contribution in [-0.4, -0.2) is 30.0 Å². The molecule has 0 fully saturated rings. The smallest absolute Gasteiger partial charge is 0.306 e. The van der Waals surface area contributed by atoms with Gasteiger partial charge in [-0.05, 0) is 25.1 Å². The minimum Gasteiger partial charge on any atom is -0.457 e. The molecule has 0 aliphatic carbocycles. The lowest BCUT2D eigenvalue weighted by atomic mass is 10.1. The van der Waals surface area contributed by atoms with Crippen molar-refractivity contribution in [2.45, 2.75) is 26.7 Å². The molecule has 0 saturated carbocycles. The third-order valence-corrected chi connectivity index (χ3v) is 3.88. The van der Waals surface area contributed by atoms with Crippen LogP contribution < -0.4 is 5.32 Å². The van der Waals surface area contributed by atoms with Gasteiger partial charge in [0.15, 0.2) is 12.4 Å². The second-order valence-corrected chi connectivity index (χ2v) is 6.25. The number of hydrogen-bond acceptors (Lipinski definition) is 5. The number of benzene rings is 2. The number of nitrogens with one attached hydrogen (secondary N) is 1. The lowest BCUT2D eigenvalue weighted by Gasteiger charge is -2.07. The molecule has 2 rings (SSSR count). The van der Waals surface area contributed by atoms with Crippen molar-refractivity contribution in [3.8, 4) is 0 Å². The Morgan fingerprint density at radius 1 is 0.964 bits per heavy atom. The largest absolute Gasteiger partial charge is 0.457 e. The van der Waals surface area contributed by atoms with E-state index in [1.165, 1.54) is 19.1 Å². The van der Waals surface area contributed by atoms with Gasteiger partial charge in [0.1, 0.15) is 5.82 Å². The summed E-state index contributed by atoms with van der Waals surface area (Å²) in [4.78, 5) is 46.8. The van der Waals surface area contributed by atoms with Gasteiger partial charge in [-0.25, -0.2) is 4.39 Å². The van der Waals surface area contributed by atoms with Crippen LogP contribution in [0.2, 0.25) is 0 Å². The van der Waals surface area contributed by atoms with Crippen LogP contribution in [0, 0.1) is 12.7 Å². The van der Waals surface area contributed by atoms with Crippen LogP contribution in [0.25, 0.3) is 0 Å². The number of halogens is 1. The fourth-order valence-corrected chi connectivity index (χ4v) is 2.42. The number of ketones is 2. The first-order valence-corrected chi connectivity index (χ1v) is 8.62. The average molecular weight is 385 g/mol. The Hall–Kier alpha value is -3.35. The molecule has 146 valence electrons. The average Bonchev–Trinajstić information content (AvgIpc) is 2.64. The Bertz CT molecular complexity index is 906. The molecule has 0 bridgehead atoms. The van der Waals surface area contributed by atoms with Crippen molar-refractivity contribution in [1.82, 2.24) is 0 Å². The van der Waals surface area contributed by atoms with Crippen LogP contribution in [0.5, 0.6) is 0 Å². The summed E-state index contributed by atoms with van der Waals surface area (Å²) in [7, 11) is 0. The van der Waals surface area contributed by atoms with Gasteiger partial charge in [0, 0.05) is 24.6 Å². The Kier molecular flexibility index (Phi) is 7.14. The molecular formula is C21H20FNO5. The molecule has 0 radical (unpaired) electrons. The summed E-state index contributed by atoms with van der Waals surface area (Å²) < 4.78 is 18.8. The standard InChI is InChI=1S/C21H20FNO5/c1-13-3-5-15(6-4-13)19(25)9-10-21(27)28-12-20(26)17-8-7-16(11-18(17)22)23-14(2)24/h3-8,11H,9-10,12H2,1-2H3,(H,23,24). The molecule has 0 aliphatic rings.